The average molecular weight is 251 g/mol. The van der Waals surface area contributed by atoms with Gasteiger partial charge in [-0.15, -0.1) is 0 Å². The van der Waals surface area contributed by atoms with Gasteiger partial charge < -0.3 is 0 Å². The maximum atomic E-state index is 2.54. The van der Waals surface area contributed by atoms with E-state index < -0.39 is 0 Å². The lowest BCUT2D eigenvalue weighted by atomic mass is 9.94. The average Bonchev–Trinajstić information content (AvgIpc) is 2.36. The first kappa shape index (κ1) is 7.35. The highest BCUT2D eigenvalue weighted by Gasteiger charge is 2.33. The molecule has 10 heavy (non-hydrogen) atoms. The van der Waals surface area contributed by atoms with Gasteiger partial charge in [0.2, 0.25) is 0 Å². The predicted octanol–water partition coefficient (Wildman–Crippen LogP) is 2.60. The molecule has 0 N–H and O–H groups in total. The van der Waals surface area contributed by atoms with Crippen molar-refractivity contribution in [2.24, 2.45) is 5.92 Å². The van der Waals surface area contributed by atoms with Crippen LogP contribution in [0.5, 0.6) is 0 Å². The number of halogens is 1. The Kier molecular flexibility index (Phi) is 2.18. The highest BCUT2D eigenvalue weighted by Crippen LogP contribution is 2.38. The van der Waals surface area contributed by atoms with Gasteiger partial charge in [-0.25, -0.2) is 3.11 Å². The van der Waals surface area contributed by atoms with E-state index in [4.69, 9.17) is 0 Å². The molecule has 0 aromatic rings. The van der Waals surface area contributed by atoms with Gasteiger partial charge in [0, 0.05) is 35.5 Å². The summed E-state index contributed by atoms with van der Waals surface area (Å²) in [5, 5.41) is 0. The van der Waals surface area contributed by atoms with Crippen LogP contribution in [0, 0.1) is 5.92 Å². The van der Waals surface area contributed by atoms with Gasteiger partial charge in [0.25, 0.3) is 0 Å². The molecule has 0 amide bonds. The smallest absolute Gasteiger partial charge is 0.0222 e. The van der Waals surface area contributed by atoms with Gasteiger partial charge in [-0.1, -0.05) is 6.42 Å². The molecule has 0 aromatic carbocycles. The van der Waals surface area contributed by atoms with E-state index >= 15 is 0 Å². The lowest BCUT2D eigenvalue weighted by Gasteiger charge is -2.32. The third kappa shape index (κ3) is 1.20. The first-order valence-corrected chi connectivity index (χ1v) is 5.27. The van der Waals surface area contributed by atoms with Crippen molar-refractivity contribution in [3.63, 3.8) is 0 Å². The van der Waals surface area contributed by atoms with Crippen LogP contribution >= 0.6 is 22.9 Å². The summed E-state index contributed by atoms with van der Waals surface area (Å²) < 4.78 is 2.54. The monoisotopic (exact) mass is 251 g/mol. The second-order valence-electron chi connectivity index (χ2n) is 3.52. The molecule has 0 bridgehead atoms. The highest BCUT2D eigenvalue weighted by molar-refractivity contribution is 14.1. The maximum Gasteiger partial charge on any atom is 0.0222 e. The van der Waals surface area contributed by atoms with Crippen LogP contribution in [0.3, 0.4) is 0 Å². The number of hydrogen-bond donors (Lipinski definition) is 0. The van der Waals surface area contributed by atoms with Gasteiger partial charge in [0.1, 0.15) is 0 Å². The summed E-state index contributed by atoms with van der Waals surface area (Å²) in [5.74, 6) is 1.06. The van der Waals surface area contributed by atoms with Gasteiger partial charge in [-0.3, -0.25) is 0 Å². The summed E-state index contributed by atoms with van der Waals surface area (Å²) >= 11 is 2.51. The lowest BCUT2D eigenvalue weighted by molar-refractivity contribution is 0.237. The summed E-state index contributed by atoms with van der Waals surface area (Å²) in [7, 11) is 0. The zero-order chi connectivity index (χ0) is 6.97. The van der Waals surface area contributed by atoms with Gasteiger partial charge >= 0.3 is 0 Å². The van der Waals surface area contributed by atoms with Crippen molar-refractivity contribution in [2.45, 2.75) is 38.1 Å². The van der Waals surface area contributed by atoms with E-state index in [0.717, 1.165) is 12.0 Å². The highest BCUT2D eigenvalue weighted by atomic mass is 127. The minimum absolute atomic E-state index is 0.953. The number of nitrogens with zero attached hydrogens (tertiary/aromatic N) is 1. The Balaban J connectivity index is 2.03. The Morgan fingerprint density at radius 1 is 1.10 bits per heavy atom. The standard InChI is InChI=1S/C8H14IN/c9-10-6-2-4-7-3-1-5-8(7)10/h7-8H,1-6H2. The molecule has 1 saturated heterocycles. The summed E-state index contributed by atoms with van der Waals surface area (Å²) in [6.07, 6.45) is 7.39. The van der Waals surface area contributed by atoms with E-state index in [9.17, 15) is 0 Å². The van der Waals surface area contributed by atoms with Crippen molar-refractivity contribution in [2.75, 3.05) is 6.54 Å². The van der Waals surface area contributed by atoms with E-state index in [1.807, 2.05) is 0 Å². The van der Waals surface area contributed by atoms with Gasteiger partial charge in [0.15, 0.2) is 0 Å². The quantitative estimate of drug-likeness (QED) is 0.472. The minimum atomic E-state index is 0.953. The molecule has 1 nitrogen and oxygen atoms in total. The van der Waals surface area contributed by atoms with Crippen LogP contribution in [0.4, 0.5) is 0 Å². The van der Waals surface area contributed by atoms with Crippen LogP contribution in [0.25, 0.3) is 0 Å². The first-order chi connectivity index (χ1) is 4.88. The Bertz CT molecular complexity index is 126. The molecule has 2 rings (SSSR count). The molecule has 2 aliphatic rings. The van der Waals surface area contributed by atoms with Crippen LogP contribution in [0.2, 0.25) is 0 Å². The van der Waals surface area contributed by atoms with Crippen molar-refractivity contribution in [3.05, 3.63) is 0 Å². The van der Waals surface area contributed by atoms with Gasteiger partial charge in [-0.2, -0.15) is 0 Å². The second-order valence-corrected chi connectivity index (χ2v) is 4.76. The molecule has 1 aliphatic carbocycles. The molecule has 2 fully saturated rings. The summed E-state index contributed by atoms with van der Waals surface area (Å²) in [6, 6.07) is 0.953. The van der Waals surface area contributed by atoms with Crippen molar-refractivity contribution < 1.29 is 0 Å². The Labute approximate surface area is 76.7 Å². The van der Waals surface area contributed by atoms with Crippen molar-refractivity contribution in [1.29, 1.82) is 0 Å². The molecule has 0 spiro atoms. The van der Waals surface area contributed by atoms with Crippen molar-refractivity contribution >= 4 is 22.9 Å². The SMILES string of the molecule is IN1CCCC2CCCC21. The fraction of sp³-hybridized carbons (Fsp3) is 1.00. The molecule has 58 valence electrons. The summed E-state index contributed by atoms with van der Waals surface area (Å²) in [6.45, 7) is 1.34. The van der Waals surface area contributed by atoms with Crippen LogP contribution in [-0.2, 0) is 0 Å². The van der Waals surface area contributed by atoms with E-state index in [2.05, 4.69) is 26.0 Å². The third-order valence-corrected chi connectivity index (χ3v) is 4.12. The lowest BCUT2D eigenvalue weighted by Crippen LogP contribution is -2.35. The molecule has 2 heteroatoms. The van der Waals surface area contributed by atoms with Crippen molar-refractivity contribution in [1.82, 2.24) is 3.11 Å². The van der Waals surface area contributed by atoms with E-state index in [0.29, 0.717) is 0 Å². The number of piperidine rings is 1. The summed E-state index contributed by atoms with van der Waals surface area (Å²) in [5.41, 5.74) is 0. The molecule has 1 saturated carbocycles. The normalized spacial score (nSPS) is 41.7. The second kappa shape index (κ2) is 2.97. The molecule has 1 heterocycles. The predicted molar refractivity (Wildman–Crippen MR) is 51.1 cm³/mol. The van der Waals surface area contributed by atoms with Crippen LogP contribution < -0.4 is 0 Å². The Hall–Kier alpha value is 0.690. The number of hydrogen-bond acceptors (Lipinski definition) is 1. The zero-order valence-corrected chi connectivity index (χ0v) is 8.38. The fourth-order valence-electron chi connectivity index (χ4n) is 2.39. The van der Waals surface area contributed by atoms with Crippen LogP contribution in [0.15, 0.2) is 0 Å². The zero-order valence-electron chi connectivity index (χ0n) is 6.22. The van der Waals surface area contributed by atoms with Crippen LogP contribution in [0.1, 0.15) is 32.1 Å². The molecule has 2 atom stereocenters. The van der Waals surface area contributed by atoms with Gasteiger partial charge in [-0.05, 0) is 31.6 Å². The maximum absolute atomic E-state index is 2.54. The molecular formula is C8H14IN. The van der Waals surface area contributed by atoms with Gasteiger partial charge in [0.05, 0.1) is 0 Å². The Morgan fingerprint density at radius 2 is 1.90 bits per heavy atom. The molecule has 0 aromatic heterocycles. The number of fused-ring (bicyclic) bond motifs is 1. The van der Waals surface area contributed by atoms with Crippen LogP contribution in [-0.4, -0.2) is 15.7 Å². The fourth-order valence-corrected chi connectivity index (χ4v) is 3.47. The van der Waals surface area contributed by atoms with Crippen molar-refractivity contribution in [3.8, 4) is 0 Å². The van der Waals surface area contributed by atoms with E-state index in [1.54, 1.807) is 0 Å². The molecule has 0 radical (unpaired) electrons. The molecule has 1 aliphatic heterocycles. The number of rotatable bonds is 0. The largest absolute Gasteiger partial charge is 0.244 e. The minimum Gasteiger partial charge on any atom is -0.244 e. The first-order valence-electron chi connectivity index (χ1n) is 4.30. The topological polar surface area (TPSA) is 3.24 Å². The summed E-state index contributed by atoms with van der Waals surface area (Å²) in [4.78, 5) is 0. The Morgan fingerprint density at radius 3 is 2.70 bits per heavy atom. The molecule has 2 unspecified atom stereocenters. The van der Waals surface area contributed by atoms with E-state index in [1.165, 1.54) is 38.6 Å². The molecular weight excluding hydrogens is 237 g/mol. The third-order valence-electron chi connectivity index (χ3n) is 2.93. The van der Waals surface area contributed by atoms with E-state index in [-0.39, 0.29) is 0 Å².